The molecule has 16 nitrogen and oxygen atoms in total. The van der Waals surface area contributed by atoms with E-state index < -0.39 is 94.7 Å². The smallest absolute Gasteiger partial charge is 0.394 e. The Morgan fingerprint density at radius 3 is 1.84 bits per heavy atom. The maximum atomic E-state index is 11.4. The molecule has 2 heterocycles. The first-order valence-electron chi connectivity index (χ1n) is 9.00. The Balaban J connectivity index is 2.35. The van der Waals surface area contributed by atoms with E-state index in [1.165, 1.54) is 0 Å². The Labute approximate surface area is 174 Å². The Hall–Kier alpha value is -0.370. The van der Waals surface area contributed by atoms with Crippen molar-refractivity contribution in [2.75, 3.05) is 13.2 Å². The van der Waals surface area contributed by atoms with Gasteiger partial charge in [0.1, 0.15) is 61.0 Å². The molecule has 0 radical (unpaired) electrons. The highest BCUT2D eigenvalue weighted by molar-refractivity contribution is 7.46. The largest absolute Gasteiger partial charge is 0.470 e. The van der Waals surface area contributed by atoms with Gasteiger partial charge in [0.25, 0.3) is 0 Å². The van der Waals surface area contributed by atoms with E-state index in [4.69, 9.17) is 34.2 Å². The van der Waals surface area contributed by atoms with E-state index in [0.717, 1.165) is 0 Å². The normalized spacial score (nSPS) is 44.1. The molecular formula is C14H27O16P. The molecule has 0 bridgehead atoms. The fourth-order valence-electron chi connectivity index (χ4n) is 3.28. The van der Waals surface area contributed by atoms with Gasteiger partial charge in [0.15, 0.2) is 12.6 Å². The Bertz CT molecular complexity index is 617. The summed E-state index contributed by atoms with van der Waals surface area (Å²) < 4.78 is 31.1. The van der Waals surface area contributed by atoms with Crippen LogP contribution in [0.5, 0.6) is 0 Å². The second kappa shape index (κ2) is 10.7. The number of phosphoric ester groups is 1. The number of aliphatic hydroxyl groups excluding tert-OH is 9. The first kappa shape index (κ1) is 26.9. The van der Waals surface area contributed by atoms with Crippen molar-refractivity contribution in [3.8, 4) is 0 Å². The zero-order valence-corrected chi connectivity index (χ0v) is 16.6. The predicted octanol–water partition coefficient (Wildman–Crippen LogP) is -6.56. The van der Waals surface area contributed by atoms with Crippen LogP contribution in [0.2, 0.25) is 0 Å². The summed E-state index contributed by atoms with van der Waals surface area (Å²) in [5.41, 5.74) is 0. The molecule has 2 fully saturated rings. The topological polar surface area (TPSA) is 277 Å². The van der Waals surface area contributed by atoms with Crippen molar-refractivity contribution in [3.63, 3.8) is 0 Å². The monoisotopic (exact) mass is 482 g/mol. The second-order valence-electron chi connectivity index (χ2n) is 7.08. The summed E-state index contributed by atoms with van der Waals surface area (Å²) in [7, 11) is -5.34. The van der Waals surface area contributed by atoms with Crippen LogP contribution >= 0.6 is 7.82 Å². The van der Waals surface area contributed by atoms with E-state index >= 15 is 0 Å². The van der Waals surface area contributed by atoms with Crippen molar-refractivity contribution >= 4 is 7.82 Å². The average Bonchev–Trinajstić information content (AvgIpc) is 2.70. The average molecular weight is 482 g/mol. The minimum Gasteiger partial charge on any atom is -0.394 e. The van der Waals surface area contributed by atoms with Crippen LogP contribution in [0.15, 0.2) is 0 Å². The fraction of sp³-hybridized carbons (Fsp3) is 1.00. The molecular weight excluding hydrogens is 455 g/mol. The highest BCUT2D eigenvalue weighted by Crippen LogP contribution is 2.43. The molecule has 2 aliphatic rings. The molecule has 0 unspecified atom stereocenters. The van der Waals surface area contributed by atoms with Crippen molar-refractivity contribution in [2.24, 2.45) is 0 Å². The van der Waals surface area contributed by atoms with E-state index in [1.807, 2.05) is 0 Å². The van der Waals surface area contributed by atoms with Crippen LogP contribution in [0, 0.1) is 0 Å². The van der Waals surface area contributed by atoms with Gasteiger partial charge in [0, 0.05) is 0 Å². The molecule has 0 aromatic rings. The van der Waals surface area contributed by atoms with Crippen molar-refractivity contribution in [3.05, 3.63) is 0 Å². The second-order valence-corrected chi connectivity index (χ2v) is 8.28. The van der Waals surface area contributed by atoms with E-state index in [0.29, 0.717) is 0 Å². The molecule has 0 amide bonds. The zero-order chi connectivity index (χ0) is 23.7. The van der Waals surface area contributed by atoms with Gasteiger partial charge in [-0.15, -0.1) is 0 Å². The number of rotatable bonds is 8. The molecule has 0 aromatic heterocycles. The number of hydrogen-bond acceptors (Lipinski definition) is 14. The van der Waals surface area contributed by atoms with Crippen molar-refractivity contribution < 1.29 is 79.0 Å². The van der Waals surface area contributed by atoms with E-state index in [1.54, 1.807) is 0 Å². The highest BCUT2D eigenvalue weighted by atomic mass is 31.2. The Morgan fingerprint density at radius 2 is 1.32 bits per heavy atom. The molecule has 184 valence electrons. The fourth-order valence-corrected chi connectivity index (χ4v) is 3.83. The van der Waals surface area contributed by atoms with Crippen LogP contribution in [0.1, 0.15) is 0 Å². The van der Waals surface area contributed by atoms with Crippen LogP contribution in [-0.4, -0.2) is 143 Å². The van der Waals surface area contributed by atoms with Crippen molar-refractivity contribution in [1.29, 1.82) is 0 Å². The maximum absolute atomic E-state index is 11.4. The lowest BCUT2D eigenvalue weighted by Crippen LogP contribution is -2.66. The van der Waals surface area contributed by atoms with Crippen LogP contribution in [0.3, 0.4) is 0 Å². The van der Waals surface area contributed by atoms with E-state index in [9.17, 15) is 40.3 Å². The summed E-state index contributed by atoms with van der Waals surface area (Å²) in [4.78, 5) is 18.3. The molecule has 17 heteroatoms. The molecule has 11 N–H and O–H groups in total. The molecule has 2 rings (SSSR count). The van der Waals surface area contributed by atoms with Crippen molar-refractivity contribution in [1.82, 2.24) is 0 Å². The zero-order valence-electron chi connectivity index (χ0n) is 15.8. The van der Waals surface area contributed by atoms with Gasteiger partial charge in [-0.1, -0.05) is 0 Å². The number of ether oxygens (including phenoxy) is 3. The molecule has 0 spiro atoms. The highest BCUT2D eigenvalue weighted by Gasteiger charge is 2.54. The predicted molar refractivity (Wildman–Crippen MR) is 91.5 cm³/mol. The van der Waals surface area contributed by atoms with Crippen molar-refractivity contribution in [2.45, 2.75) is 73.6 Å². The van der Waals surface area contributed by atoms with Gasteiger partial charge < -0.3 is 70.0 Å². The Morgan fingerprint density at radius 1 is 0.774 bits per heavy atom. The van der Waals surface area contributed by atoms with Gasteiger partial charge >= 0.3 is 7.82 Å². The van der Waals surface area contributed by atoms with Gasteiger partial charge in [-0.2, -0.15) is 0 Å². The standard InChI is InChI=1S/C14H27O16P/c15-1-3(17)9-6(20)5(19)7(21)14(28-9)29-11-8(22)13(23)27-10(4(18)2-16)12(11)30-31(24,25)26/h3-23H,1-2H2,(H2,24,25,26)/t3-,4-,5-,6-,7-,8-,9+,10+,11+,12+,13-,14+/m0/s1. The lowest BCUT2D eigenvalue weighted by molar-refractivity contribution is -0.362. The minimum absolute atomic E-state index is 0.926. The third-order valence-corrected chi connectivity index (χ3v) is 5.38. The van der Waals surface area contributed by atoms with E-state index in [-0.39, 0.29) is 0 Å². The lowest BCUT2D eigenvalue weighted by atomic mass is 9.93. The molecule has 31 heavy (non-hydrogen) atoms. The molecule has 12 atom stereocenters. The van der Waals surface area contributed by atoms with Crippen LogP contribution in [0.4, 0.5) is 0 Å². The summed E-state index contributed by atoms with van der Waals surface area (Å²) in [6.07, 6.45) is -23.4. The van der Waals surface area contributed by atoms with Gasteiger partial charge in [-0.05, 0) is 0 Å². The SMILES string of the molecule is O=P(O)(O)O[C@H]1[C@H](O[C@H]2O[C@H]([C@@H](O)CO)[C@@H](O)[C@H](O)[C@@H]2O)[C@H](O)[C@@H](O)O[C@@H]1[C@@H](O)CO. The summed E-state index contributed by atoms with van der Waals surface area (Å²) in [6, 6.07) is 0. The third-order valence-electron chi connectivity index (χ3n) is 4.86. The van der Waals surface area contributed by atoms with Crippen LogP contribution in [0.25, 0.3) is 0 Å². The van der Waals surface area contributed by atoms with Crippen LogP contribution < -0.4 is 0 Å². The van der Waals surface area contributed by atoms with Gasteiger partial charge in [-0.25, -0.2) is 4.57 Å². The molecule has 0 aliphatic carbocycles. The summed E-state index contributed by atoms with van der Waals surface area (Å²) in [5.74, 6) is 0. The summed E-state index contributed by atoms with van der Waals surface area (Å²) in [6.45, 7) is -1.94. The first-order chi connectivity index (χ1) is 14.3. The van der Waals surface area contributed by atoms with Gasteiger partial charge in [0.05, 0.1) is 13.2 Å². The molecule has 0 saturated carbocycles. The number of hydrogen-bond donors (Lipinski definition) is 11. The third kappa shape index (κ3) is 6.15. The first-order valence-corrected chi connectivity index (χ1v) is 10.5. The number of phosphoric acid groups is 1. The number of aliphatic hydroxyl groups is 9. The molecule has 0 aromatic carbocycles. The van der Waals surface area contributed by atoms with Crippen LogP contribution in [-0.2, 0) is 23.3 Å². The summed E-state index contributed by atoms with van der Waals surface area (Å²) in [5, 5.41) is 88.0. The molecule has 2 aliphatic heterocycles. The summed E-state index contributed by atoms with van der Waals surface area (Å²) >= 11 is 0. The quantitative estimate of drug-likeness (QED) is 0.143. The maximum Gasteiger partial charge on any atom is 0.470 e. The van der Waals surface area contributed by atoms with Gasteiger partial charge in [0.2, 0.25) is 0 Å². The Kier molecular flexibility index (Phi) is 9.28. The lowest BCUT2D eigenvalue weighted by Gasteiger charge is -2.47. The van der Waals surface area contributed by atoms with E-state index in [2.05, 4.69) is 4.52 Å². The molecule has 2 saturated heterocycles. The minimum atomic E-state index is -5.34. The van der Waals surface area contributed by atoms with Gasteiger partial charge in [-0.3, -0.25) is 4.52 Å².